The fraction of sp³-hybridized carbons (Fsp3) is 0.263. The Morgan fingerprint density at radius 2 is 2.18 bits per heavy atom. The van der Waals surface area contributed by atoms with Crippen LogP contribution in [0.25, 0.3) is 0 Å². The number of nitrogens with one attached hydrogen (secondary N) is 3. The number of amides is 1. The number of pyridine rings is 1. The fourth-order valence-electron chi connectivity index (χ4n) is 2.17. The zero-order chi connectivity index (χ0) is 20.6. The van der Waals surface area contributed by atoms with Crippen molar-refractivity contribution in [2.45, 2.75) is 13.8 Å². The number of aliphatic imine (C=N–C) groups is 1. The quantitative estimate of drug-likeness (QED) is 0.298. The molecule has 28 heavy (non-hydrogen) atoms. The minimum atomic E-state index is -0.679. The van der Waals surface area contributed by atoms with Crippen molar-refractivity contribution in [3.8, 4) is 6.19 Å². The molecule has 3 N–H and O–H groups in total. The van der Waals surface area contributed by atoms with E-state index in [2.05, 4.69) is 25.9 Å². The molecule has 0 fully saturated rings. The molecule has 0 atom stereocenters. The highest BCUT2D eigenvalue weighted by Crippen LogP contribution is 2.17. The minimum absolute atomic E-state index is 0.0752. The van der Waals surface area contributed by atoms with Gasteiger partial charge in [0, 0.05) is 29.7 Å². The zero-order valence-corrected chi connectivity index (χ0v) is 16.2. The van der Waals surface area contributed by atoms with E-state index in [0.29, 0.717) is 12.2 Å². The fourth-order valence-corrected chi connectivity index (χ4v) is 2.33. The number of aromatic nitrogens is 1. The van der Waals surface area contributed by atoms with Gasteiger partial charge < -0.3 is 10.6 Å². The van der Waals surface area contributed by atoms with E-state index < -0.39 is 17.1 Å². The second kappa shape index (κ2) is 9.67. The van der Waals surface area contributed by atoms with Gasteiger partial charge in [0.1, 0.15) is 5.82 Å². The summed E-state index contributed by atoms with van der Waals surface area (Å²) >= 11 is 5.70. The number of hydrogen-bond acceptors (Lipinski definition) is 4. The van der Waals surface area contributed by atoms with E-state index in [-0.39, 0.29) is 23.1 Å². The number of anilines is 1. The molecule has 0 unspecified atom stereocenters. The molecule has 0 radical (unpaired) electrons. The lowest BCUT2D eigenvalue weighted by atomic mass is 9.93. The van der Waals surface area contributed by atoms with E-state index in [1.807, 2.05) is 20.0 Å². The molecule has 0 aliphatic carbocycles. The number of halogens is 2. The lowest BCUT2D eigenvalue weighted by Gasteiger charge is -2.23. The summed E-state index contributed by atoms with van der Waals surface area (Å²) in [6, 6.07) is 7.43. The van der Waals surface area contributed by atoms with Gasteiger partial charge in [-0.25, -0.2) is 4.39 Å². The van der Waals surface area contributed by atoms with E-state index in [4.69, 9.17) is 16.9 Å². The number of rotatable bonds is 6. The van der Waals surface area contributed by atoms with Crippen LogP contribution in [0.15, 0.2) is 47.7 Å². The van der Waals surface area contributed by atoms with Gasteiger partial charge in [0.05, 0.1) is 17.4 Å². The van der Waals surface area contributed by atoms with Crippen molar-refractivity contribution in [3.05, 3.63) is 59.1 Å². The Bertz CT molecular complexity index is 895. The van der Waals surface area contributed by atoms with Crippen LogP contribution in [0.1, 0.15) is 24.2 Å². The monoisotopic (exact) mass is 402 g/mol. The largest absolute Gasteiger partial charge is 0.351 e. The highest BCUT2D eigenvalue weighted by Gasteiger charge is 2.21. The van der Waals surface area contributed by atoms with Gasteiger partial charge in [-0.3, -0.25) is 20.1 Å². The molecule has 146 valence electrons. The molecule has 1 amide bonds. The second-order valence-corrected chi connectivity index (χ2v) is 7.18. The average molecular weight is 403 g/mol. The summed E-state index contributed by atoms with van der Waals surface area (Å²) in [6.45, 7) is 4.34. The maximum absolute atomic E-state index is 13.8. The first-order valence-electron chi connectivity index (χ1n) is 8.40. The summed E-state index contributed by atoms with van der Waals surface area (Å²) in [5.41, 5.74) is 0.152. The average Bonchev–Trinajstić information content (AvgIpc) is 2.65. The molecule has 9 heteroatoms. The van der Waals surface area contributed by atoms with Gasteiger partial charge in [0.25, 0.3) is 5.91 Å². The van der Waals surface area contributed by atoms with E-state index >= 15 is 0 Å². The number of nitriles is 1. The molecular weight excluding hydrogens is 383 g/mol. The van der Waals surface area contributed by atoms with Crippen molar-refractivity contribution in [1.29, 1.82) is 5.26 Å². The smallest absolute Gasteiger partial charge is 0.254 e. The topological polar surface area (TPSA) is 102 Å². The molecule has 0 spiro atoms. The van der Waals surface area contributed by atoms with Crippen molar-refractivity contribution < 1.29 is 9.18 Å². The molecule has 1 heterocycles. The van der Waals surface area contributed by atoms with Gasteiger partial charge >= 0.3 is 0 Å². The van der Waals surface area contributed by atoms with E-state index in [9.17, 15) is 9.18 Å². The summed E-state index contributed by atoms with van der Waals surface area (Å²) in [5.74, 6) is -0.948. The Morgan fingerprint density at radius 1 is 1.39 bits per heavy atom. The molecule has 0 bridgehead atoms. The van der Waals surface area contributed by atoms with Crippen molar-refractivity contribution in [2.75, 3.05) is 18.4 Å². The molecule has 1 aromatic heterocycles. The molecule has 2 aromatic rings. The second-order valence-electron chi connectivity index (χ2n) is 6.74. The minimum Gasteiger partial charge on any atom is -0.351 e. The standard InChI is InChI=1S/C19H20ClFN6O/c1-19(2,10-24-17(28)15-6-5-13(20)8-16(15)21)11-25-18(26-12-22)27-14-4-3-7-23-9-14/h3-9H,10-11H2,1-2H3,(H,24,28)(H2,25,26,27). The van der Waals surface area contributed by atoms with Gasteiger partial charge in [-0.1, -0.05) is 25.4 Å². The number of carbonyl (C=O) groups is 1. The van der Waals surface area contributed by atoms with Crippen LogP contribution in [-0.4, -0.2) is 29.9 Å². The number of nitrogens with zero attached hydrogens (tertiary/aromatic N) is 3. The van der Waals surface area contributed by atoms with Crippen molar-refractivity contribution >= 4 is 29.2 Å². The summed E-state index contributed by atoms with van der Waals surface area (Å²) < 4.78 is 13.8. The summed E-state index contributed by atoms with van der Waals surface area (Å²) in [7, 11) is 0. The molecule has 0 aliphatic heterocycles. The van der Waals surface area contributed by atoms with Crippen LogP contribution < -0.4 is 16.0 Å². The SMILES string of the molecule is CC(C)(CN=C(NC#N)Nc1cccnc1)CNC(=O)c1ccc(Cl)cc1F. The van der Waals surface area contributed by atoms with E-state index in [0.717, 1.165) is 6.07 Å². The highest BCUT2D eigenvalue weighted by atomic mass is 35.5. The van der Waals surface area contributed by atoms with Gasteiger partial charge in [-0.2, -0.15) is 5.26 Å². The summed E-state index contributed by atoms with van der Waals surface area (Å²) in [6.07, 6.45) is 5.05. The summed E-state index contributed by atoms with van der Waals surface area (Å²) in [4.78, 5) is 20.5. The number of hydrogen-bond donors (Lipinski definition) is 3. The molecule has 0 saturated heterocycles. The Hall–Kier alpha value is -3.18. The van der Waals surface area contributed by atoms with Gasteiger partial charge in [-0.05, 0) is 30.3 Å². The van der Waals surface area contributed by atoms with Crippen molar-refractivity contribution in [2.24, 2.45) is 10.4 Å². The molecule has 7 nitrogen and oxygen atoms in total. The molecule has 2 rings (SSSR count). The lowest BCUT2D eigenvalue weighted by molar-refractivity contribution is 0.0934. The van der Waals surface area contributed by atoms with Crippen molar-refractivity contribution in [1.82, 2.24) is 15.6 Å². The first-order chi connectivity index (χ1) is 13.3. The molecule has 0 saturated carbocycles. The zero-order valence-electron chi connectivity index (χ0n) is 15.5. The van der Waals surface area contributed by atoms with Crippen molar-refractivity contribution in [3.63, 3.8) is 0 Å². The van der Waals surface area contributed by atoms with Crippen LogP contribution in [0.5, 0.6) is 0 Å². The predicted molar refractivity (Wildman–Crippen MR) is 106 cm³/mol. The van der Waals surface area contributed by atoms with Crippen LogP contribution in [0.4, 0.5) is 10.1 Å². The lowest BCUT2D eigenvalue weighted by Crippen LogP contribution is -2.37. The van der Waals surface area contributed by atoms with Crippen LogP contribution >= 0.6 is 11.6 Å². The van der Waals surface area contributed by atoms with Gasteiger partial charge in [-0.15, -0.1) is 0 Å². The van der Waals surface area contributed by atoms with Crippen LogP contribution in [0.2, 0.25) is 5.02 Å². The van der Waals surface area contributed by atoms with Crippen LogP contribution in [0, 0.1) is 22.7 Å². The Labute approximate surface area is 167 Å². The highest BCUT2D eigenvalue weighted by molar-refractivity contribution is 6.30. The first kappa shape index (κ1) is 21.1. The summed E-state index contributed by atoms with van der Waals surface area (Å²) in [5, 5.41) is 17.2. The molecular formula is C19H20ClFN6O. The molecule has 0 aliphatic rings. The van der Waals surface area contributed by atoms with Gasteiger partial charge in [0.15, 0.2) is 6.19 Å². The third-order valence-electron chi connectivity index (χ3n) is 3.67. The van der Waals surface area contributed by atoms with E-state index in [1.54, 1.807) is 24.5 Å². The normalized spacial score (nSPS) is 11.5. The first-order valence-corrected chi connectivity index (χ1v) is 8.78. The Balaban J connectivity index is 1.97. The number of guanidine groups is 1. The predicted octanol–water partition coefficient (Wildman–Crippen LogP) is 3.17. The van der Waals surface area contributed by atoms with Gasteiger partial charge in [0.2, 0.25) is 5.96 Å². The number of benzene rings is 1. The van der Waals surface area contributed by atoms with Crippen LogP contribution in [-0.2, 0) is 0 Å². The number of carbonyl (C=O) groups excluding carboxylic acids is 1. The maximum atomic E-state index is 13.8. The molecule has 1 aromatic carbocycles. The Morgan fingerprint density at radius 3 is 2.82 bits per heavy atom. The Kier molecular flexibility index (Phi) is 7.29. The maximum Gasteiger partial charge on any atom is 0.254 e. The van der Waals surface area contributed by atoms with Crippen LogP contribution in [0.3, 0.4) is 0 Å². The third kappa shape index (κ3) is 6.52. The van der Waals surface area contributed by atoms with E-state index in [1.165, 1.54) is 12.1 Å². The third-order valence-corrected chi connectivity index (χ3v) is 3.90.